The number of aryl methyl sites for hydroxylation is 1. The molecule has 100 valence electrons. The van der Waals surface area contributed by atoms with Crippen LogP contribution in [0.3, 0.4) is 0 Å². The van der Waals surface area contributed by atoms with E-state index in [0.29, 0.717) is 6.54 Å². The molecule has 4 N–H and O–H groups in total. The van der Waals surface area contributed by atoms with Gasteiger partial charge < -0.3 is 16.2 Å². The van der Waals surface area contributed by atoms with Crippen molar-refractivity contribution in [1.29, 1.82) is 0 Å². The minimum absolute atomic E-state index is 0.549. The number of nitrogens with one attached hydrogen (secondary N) is 1. The van der Waals surface area contributed by atoms with Crippen LogP contribution < -0.4 is 11.1 Å². The van der Waals surface area contributed by atoms with Crippen LogP contribution in [-0.4, -0.2) is 17.3 Å². The van der Waals surface area contributed by atoms with Gasteiger partial charge in [-0.15, -0.1) is 0 Å². The van der Waals surface area contributed by atoms with Crippen LogP contribution in [0.25, 0.3) is 0 Å². The number of rotatable bonds is 3. The molecule has 0 aliphatic heterocycles. The molecule has 0 radical (unpaired) electrons. The average Bonchev–Trinajstić information content (AvgIpc) is 2.33. The first-order valence-corrected chi connectivity index (χ1v) is 7.31. The Morgan fingerprint density at radius 3 is 2.67 bits per heavy atom. The Balaban J connectivity index is 2.03. The molecule has 0 aromatic heterocycles. The summed E-state index contributed by atoms with van der Waals surface area (Å²) in [4.78, 5) is 0. The van der Waals surface area contributed by atoms with Crippen LogP contribution >= 0.6 is 15.9 Å². The van der Waals surface area contributed by atoms with E-state index in [1.807, 2.05) is 19.1 Å². The summed E-state index contributed by atoms with van der Waals surface area (Å²) >= 11 is 3.50. The highest BCUT2D eigenvalue weighted by Crippen LogP contribution is 2.31. The highest BCUT2D eigenvalue weighted by molar-refractivity contribution is 9.10. The fourth-order valence-corrected chi connectivity index (χ4v) is 2.98. The molecule has 0 spiro atoms. The lowest BCUT2D eigenvalue weighted by Crippen LogP contribution is -2.38. The van der Waals surface area contributed by atoms with Crippen molar-refractivity contribution in [3.8, 4) is 0 Å². The zero-order valence-electron chi connectivity index (χ0n) is 10.8. The lowest BCUT2D eigenvalue weighted by molar-refractivity contribution is 0.0167. The molecule has 1 fully saturated rings. The maximum absolute atomic E-state index is 10.4. The first-order valence-electron chi connectivity index (χ1n) is 6.52. The van der Waals surface area contributed by atoms with E-state index in [2.05, 4.69) is 21.2 Å². The van der Waals surface area contributed by atoms with Crippen LogP contribution in [-0.2, 0) is 0 Å². The molecular formula is C14H21BrN2O. The van der Waals surface area contributed by atoms with Crippen molar-refractivity contribution in [3.63, 3.8) is 0 Å². The van der Waals surface area contributed by atoms with E-state index in [-0.39, 0.29) is 0 Å². The van der Waals surface area contributed by atoms with E-state index in [1.165, 1.54) is 6.42 Å². The minimum atomic E-state index is -0.549. The number of aliphatic hydroxyl groups is 1. The molecule has 0 saturated heterocycles. The summed E-state index contributed by atoms with van der Waals surface area (Å²) in [6.07, 6.45) is 5.28. The SMILES string of the molecule is Cc1cc(NCC2(O)CCCCC2)c(Br)cc1N. The Morgan fingerprint density at radius 2 is 2.00 bits per heavy atom. The fourth-order valence-electron chi connectivity index (χ4n) is 2.48. The van der Waals surface area contributed by atoms with Gasteiger partial charge in [0.25, 0.3) is 0 Å². The average molecular weight is 313 g/mol. The quantitative estimate of drug-likeness (QED) is 0.749. The summed E-state index contributed by atoms with van der Waals surface area (Å²) in [7, 11) is 0. The second kappa shape index (κ2) is 5.49. The van der Waals surface area contributed by atoms with Gasteiger partial charge in [-0.25, -0.2) is 0 Å². The molecule has 0 unspecified atom stereocenters. The van der Waals surface area contributed by atoms with Crippen LogP contribution in [0, 0.1) is 6.92 Å². The predicted molar refractivity (Wildman–Crippen MR) is 79.8 cm³/mol. The lowest BCUT2D eigenvalue weighted by Gasteiger charge is -2.32. The molecule has 4 heteroatoms. The van der Waals surface area contributed by atoms with E-state index in [1.54, 1.807) is 0 Å². The van der Waals surface area contributed by atoms with Crippen LogP contribution in [0.2, 0.25) is 0 Å². The molecule has 3 nitrogen and oxygen atoms in total. The summed E-state index contributed by atoms with van der Waals surface area (Å²) in [6, 6.07) is 3.92. The molecule has 1 aliphatic rings. The van der Waals surface area contributed by atoms with Crippen LogP contribution in [0.15, 0.2) is 16.6 Å². The van der Waals surface area contributed by atoms with Gasteiger partial charge in [-0.2, -0.15) is 0 Å². The zero-order chi connectivity index (χ0) is 13.2. The standard InChI is InChI=1S/C14H21BrN2O/c1-10-7-13(11(15)8-12(10)16)17-9-14(18)5-3-2-4-6-14/h7-8,17-18H,2-6,9,16H2,1H3. The summed E-state index contributed by atoms with van der Waals surface area (Å²) < 4.78 is 0.949. The van der Waals surface area contributed by atoms with E-state index < -0.39 is 5.60 Å². The summed E-state index contributed by atoms with van der Waals surface area (Å²) in [6.45, 7) is 2.59. The molecule has 1 saturated carbocycles. The predicted octanol–water partition coefficient (Wildman–Crippen LogP) is 3.45. The van der Waals surface area contributed by atoms with Crippen molar-refractivity contribution in [3.05, 3.63) is 22.2 Å². The topological polar surface area (TPSA) is 58.3 Å². The largest absolute Gasteiger partial charge is 0.398 e. The Bertz CT molecular complexity index is 428. The van der Waals surface area contributed by atoms with Crippen LogP contribution in [0.4, 0.5) is 11.4 Å². The molecule has 0 atom stereocenters. The van der Waals surface area contributed by atoms with Crippen LogP contribution in [0.5, 0.6) is 0 Å². The highest BCUT2D eigenvalue weighted by atomic mass is 79.9. The van der Waals surface area contributed by atoms with Gasteiger partial charge in [-0.3, -0.25) is 0 Å². The van der Waals surface area contributed by atoms with Crippen molar-refractivity contribution in [2.24, 2.45) is 0 Å². The van der Waals surface area contributed by atoms with Crippen molar-refractivity contribution in [2.45, 2.75) is 44.6 Å². The highest BCUT2D eigenvalue weighted by Gasteiger charge is 2.28. The Morgan fingerprint density at radius 1 is 1.33 bits per heavy atom. The summed E-state index contributed by atoms with van der Waals surface area (Å²) in [5.41, 5.74) is 8.13. The number of anilines is 2. The molecular weight excluding hydrogens is 292 g/mol. The summed E-state index contributed by atoms with van der Waals surface area (Å²) in [5, 5.41) is 13.8. The number of hydrogen-bond acceptors (Lipinski definition) is 3. The lowest BCUT2D eigenvalue weighted by atomic mass is 9.85. The Kier molecular flexibility index (Phi) is 4.17. The van der Waals surface area contributed by atoms with Gasteiger partial charge in [0.2, 0.25) is 0 Å². The molecule has 0 bridgehead atoms. The first kappa shape index (κ1) is 13.7. The molecule has 0 amide bonds. The fraction of sp³-hybridized carbons (Fsp3) is 0.571. The number of benzene rings is 1. The molecule has 1 aromatic rings. The number of halogens is 1. The summed E-state index contributed by atoms with van der Waals surface area (Å²) in [5.74, 6) is 0. The number of hydrogen-bond donors (Lipinski definition) is 3. The second-order valence-corrected chi connectivity index (χ2v) is 6.18. The Labute approximate surface area is 117 Å². The van der Waals surface area contributed by atoms with Gasteiger partial charge in [0, 0.05) is 22.4 Å². The number of nitrogens with two attached hydrogens (primary N) is 1. The maximum Gasteiger partial charge on any atom is 0.0819 e. The van der Waals surface area contributed by atoms with Gasteiger partial charge in [-0.1, -0.05) is 19.3 Å². The Hall–Kier alpha value is -0.740. The number of nitrogen functional groups attached to an aromatic ring is 1. The molecule has 18 heavy (non-hydrogen) atoms. The van der Waals surface area contributed by atoms with E-state index in [0.717, 1.165) is 47.1 Å². The zero-order valence-corrected chi connectivity index (χ0v) is 12.4. The second-order valence-electron chi connectivity index (χ2n) is 5.33. The monoisotopic (exact) mass is 312 g/mol. The first-order chi connectivity index (χ1) is 8.50. The van der Waals surface area contributed by atoms with Gasteiger partial charge in [-0.05, 0) is 53.4 Å². The van der Waals surface area contributed by atoms with E-state index in [4.69, 9.17) is 5.73 Å². The molecule has 1 aliphatic carbocycles. The third kappa shape index (κ3) is 3.18. The van der Waals surface area contributed by atoms with Crippen molar-refractivity contribution in [1.82, 2.24) is 0 Å². The van der Waals surface area contributed by atoms with E-state index in [9.17, 15) is 5.11 Å². The maximum atomic E-state index is 10.4. The van der Waals surface area contributed by atoms with Gasteiger partial charge >= 0.3 is 0 Å². The van der Waals surface area contributed by atoms with Crippen molar-refractivity contribution < 1.29 is 5.11 Å². The van der Waals surface area contributed by atoms with Gasteiger partial charge in [0.05, 0.1) is 5.60 Å². The molecule has 1 aromatic carbocycles. The minimum Gasteiger partial charge on any atom is -0.398 e. The van der Waals surface area contributed by atoms with Crippen LogP contribution in [0.1, 0.15) is 37.7 Å². The third-order valence-electron chi connectivity index (χ3n) is 3.75. The molecule has 2 rings (SSSR count). The third-order valence-corrected chi connectivity index (χ3v) is 4.40. The van der Waals surface area contributed by atoms with Gasteiger partial charge in [0.1, 0.15) is 0 Å². The van der Waals surface area contributed by atoms with Crippen molar-refractivity contribution >= 4 is 27.3 Å². The van der Waals surface area contributed by atoms with Gasteiger partial charge in [0.15, 0.2) is 0 Å². The normalized spacial score (nSPS) is 18.6. The smallest absolute Gasteiger partial charge is 0.0819 e. The molecule has 0 heterocycles. The van der Waals surface area contributed by atoms with Crippen molar-refractivity contribution in [2.75, 3.05) is 17.6 Å². The van der Waals surface area contributed by atoms with E-state index >= 15 is 0 Å².